The second kappa shape index (κ2) is 7.79. The molecule has 0 saturated carbocycles. The first-order valence-corrected chi connectivity index (χ1v) is 8.15. The highest BCUT2D eigenvalue weighted by Gasteiger charge is 2.36. The summed E-state index contributed by atoms with van der Waals surface area (Å²) in [6.07, 6.45) is -0.639. The van der Waals surface area contributed by atoms with E-state index in [0.29, 0.717) is 12.5 Å². The van der Waals surface area contributed by atoms with E-state index in [1.165, 1.54) is 12.8 Å². The van der Waals surface area contributed by atoms with Crippen LogP contribution in [0, 0.1) is 0 Å². The molecule has 2 saturated heterocycles. The molecule has 0 aliphatic carbocycles. The SMILES string of the molecule is CCCNC(CCCC(F)(F)F)C1CN2CCCC2CO1. The van der Waals surface area contributed by atoms with Crippen LogP contribution in [0.2, 0.25) is 0 Å². The molecule has 2 aliphatic heterocycles. The van der Waals surface area contributed by atoms with Crippen molar-refractivity contribution in [3.8, 4) is 0 Å². The Morgan fingerprint density at radius 1 is 1.38 bits per heavy atom. The summed E-state index contributed by atoms with van der Waals surface area (Å²) in [6, 6.07) is 0.567. The van der Waals surface area contributed by atoms with Crippen molar-refractivity contribution < 1.29 is 17.9 Å². The largest absolute Gasteiger partial charge is 0.389 e. The van der Waals surface area contributed by atoms with Crippen LogP contribution < -0.4 is 5.32 Å². The minimum absolute atomic E-state index is 0.0270. The molecule has 3 atom stereocenters. The Morgan fingerprint density at radius 2 is 2.19 bits per heavy atom. The zero-order chi connectivity index (χ0) is 15.3. The standard InChI is InChI=1S/C15H27F3N2O/c1-2-8-19-13(6-3-7-15(16,17)18)14-10-20-9-4-5-12(20)11-21-14/h12-14,19H,2-11H2,1H3. The van der Waals surface area contributed by atoms with Gasteiger partial charge in [0.25, 0.3) is 0 Å². The van der Waals surface area contributed by atoms with E-state index in [9.17, 15) is 13.2 Å². The highest BCUT2D eigenvalue weighted by atomic mass is 19.4. The topological polar surface area (TPSA) is 24.5 Å². The average Bonchev–Trinajstić information content (AvgIpc) is 2.88. The molecular weight excluding hydrogens is 281 g/mol. The van der Waals surface area contributed by atoms with Crippen LogP contribution in [-0.2, 0) is 4.74 Å². The Hall–Kier alpha value is -0.330. The molecule has 21 heavy (non-hydrogen) atoms. The fourth-order valence-corrected chi connectivity index (χ4v) is 3.36. The minimum Gasteiger partial charge on any atom is -0.374 e. The van der Waals surface area contributed by atoms with Crippen molar-refractivity contribution in [2.45, 2.75) is 69.8 Å². The molecule has 0 aromatic carbocycles. The quantitative estimate of drug-likeness (QED) is 0.782. The highest BCUT2D eigenvalue weighted by molar-refractivity contribution is 4.90. The van der Waals surface area contributed by atoms with Crippen molar-refractivity contribution in [2.75, 3.05) is 26.2 Å². The van der Waals surface area contributed by atoms with Gasteiger partial charge in [-0.1, -0.05) is 6.92 Å². The van der Waals surface area contributed by atoms with E-state index in [2.05, 4.69) is 17.1 Å². The van der Waals surface area contributed by atoms with Crippen molar-refractivity contribution >= 4 is 0 Å². The number of hydrogen-bond acceptors (Lipinski definition) is 3. The maximum atomic E-state index is 12.3. The smallest absolute Gasteiger partial charge is 0.374 e. The molecule has 0 radical (unpaired) electrons. The van der Waals surface area contributed by atoms with Gasteiger partial charge in [0.2, 0.25) is 0 Å². The highest BCUT2D eigenvalue weighted by Crippen LogP contribution is 2.27. The lowest BCUT2D eigenvalue weighted by atomic mass is 10.0. The molecule has 2 aliphatic rings. The molecule has 0 bridgehead atoms. The van der Waals surface area contributed by atoms with E-state index in [1.807, 2.05) is 0 Å². The van der Waals surface area contributed by atoms with Crippen molar-refractivity contribution in [1.82, 2.24) is 10.2 Å². The Labute approximate surface area is 125 Å². The molecule has 6 heteroatoms. The van der Waals surface area contributed by atoms with E-state index in [0.717, 1.165) is 32.7 Å². The first kappa shape index (κ1) is 17.0. The normalized spacial score (nSPS) is 28.6. The second-order valence-electron chi connectivity index (χ2n) is 6.23. The van der Waals surface area contributed by atoms with Gasteiger partial charge in [-0.25, -0.2) is 0 Å². The van der Waals surface area contributed by atoms with Crippen LogP contribution in [0.15, 0.2) is 0 Å². The summed E-state index contributed by atoms with van der Waals surface area (Å²) in [4.78, 5) is 2.44. The number of hydrogen-bond donors (Lipinski definition) is 1. The minimum atomic E-state index is -4.05. The summed E-state index contributed by atoms with van der Waals surface area (Å²) in [5, 5.41) is 3.39. The van der Waals surface area contributed by atoms with Gasteiger partial charge in [-0.2, -0.15) is 13.2 Å². The number of halogens is 3. The maximum Gasteiger partial charge on any atom is 0.389 e. The van der Waals surface area contributed by atoms with Gasteiger partial charge in [0.1, 0.15) is 0 Å². The fourth-order valence-electron chi connectivity index (χ4n) is 3.36. The van der Waals surface area contributed by atoms with Gasteiger partial charge in [-0.3, -0.25) is 4.90 Å². The molecule has 0 aromatic rings. The first-order valence-electron chi connectivity index (χ1n) is 8.15. The van der Waals surface area contributed by atoms with Crippen molar-refractivity contribution in [2.24, 2.45) is 0 Å². The zero-order valence-corrected chi connectivity index (χ0v) is 12.8. The Kier molecular flexibility index (Phi) is 6.32. The van der Waals surface area contributed by atoms with Crippen molar-refractivity contribution in [1.29, 1.82) is 0 Å². The lowest BCUT2D eigenvalue weighted by Crippen LogP contribution is -2.54. The van der Waals surface area contributed by atoms with Gasteiger partial charge in [-0.05, 0) is 45.2 Å². The summed E-state index contributed by atoms with van der Waals surface area (Å²) in [5.74, 6) is 0. The third-order valence-electron chi connectivity index (χ3n) is 4.50. The van der Waals surface area contributed by atoms with Crippen LogP contribution >= 0.6 is 0 Å². The fraction of sp³-hybridized carbons (Fsp3) is 1.00. The number of nitrogens with zero attached hydrogens (tertiary/aromatic N) is 1. The van der Waals surface area contributed by atoms with Gasteiger partial charge >= 0.3 is 6.18 Å². The summed E-state index contributed by atoms with van der Waals surface area (Å²) in [5.41, 5.74) is 0. The van der Waals surface area contributed by atoms with Crippen LogP contribution in [0.5, 0.6) is 0 Å². The summed E-state index contributed by atoms with van der Waals surface area (Å²) < 4.78 is 42.9. The van der Waals surface area contributed by atoms with E-state index in [-0.39, 0.29) is 18.6 Å². The van der Waals surface area contributed by atoms with Gasteiger partial charge in [0.15, 0.2) is 0 Å². The average molecular weight is 308 g/mol. The van der Waals surface area contributed by atoms with Gasteiger partial charge in [-0.15, -0.1) is 0 Å². The van der Waals surface area contributed by atoms with E-state index in [4.69, 9.17) is 4.74 Å². The van der Waals surface area contributed by atoms with Gasteiger partial charge in [0.05, 0.1) is 12.7 Å². The Balaban J connectivity index is 1.83. The molecule has 124 valence electrons. The maximum absolute atomic E-state index is 12.3. The second-order valence-corrected chi connectivity index (χ2v) is 6.23. The van der Waals surface area contributed by atoms with Crippen molar-refractivity contribution in [3.63, 3.8) is 0 Å². The zero-order valence-electron chi connectivity index (χ0n) is 12.8. The Morgan fingerprint density at radius 3 is 2.90 bits per heavy atom. The number of fused-ring (bicyclic) bond motifs is 1. The lowest BCUT2D eigenvalue weighted by Gasteiger charge is -2.39. The van der Waals surface area contributed by atoms with Crippen molar-refractivity contribution in [3.05, 3.63) is 0 Å². The number of nitrogens with one attached hydrogen (secondary N) is 1. The molecule has 3 nitrogen and oxygen atoms in total. The molecule has 2 rings (SSSR count). The predicted octanol–water partition coefficient (Wildman–Crippen LogP) is 2.95. The van der Waals surface area contributed by atoms with Crippen LogP contribution in [-0.4, -0.2) is 55.5 Å². The van der Waals surface area contributed by atoms with Crippen LogP contribution in [0.4, 0.5) is 13.2 Å². The number of rotatable bonds is 7. The third kappa shape index (κ3) is 5.42. The number of alkyl halides is 3. The summed E-state index contributed by atoms with van der Waals surface area (Å²) in [6.45, 7) is 5.60. The predicted molar refractivity (Wildman–Crippen MR) is 76.3 cm³/mol. The Bertz CT molecular complexity index is 312. The van der Waals surface area contributed by atoms with Gasteiger partial charge < -0.3 is 10.1 Å². The van der Waals surface area contributed by atoms with E-state index < -0.39 is 12.6 Å². The number of morpholine rings is 1. The molecule has 3 unspecified atom stereocenters. The van der Waals surface area contributed by atoms with E-state index >= 15 is 0 Å². The third-order valence-corrected chi connectivity index (χ3v) is 4.50. The molecule has 2 fully saturated rings. The molecular formula is C15H27F3N2O. The number of ether oxygens (including phenoxy) is 1. The van der Waals surface area contributed by atoms with Crippen LogP contribution in [0.25, 0.3) is 0 Å². The van der Waals surface area contributed by atoms with Gasteiger partial charge in [0, 0.05) is 25.0 Å². The molecule has 0 spiro atoms. The summed E-state index contributed by atoms with van der Waals surface area (Å²) in [7, 11) is 0. The lowest BCUT2D eigenvalue weighted by molar-refractivity contribution is -0.136. The first-order chi connectivity index (χ1) is 9.99. The molecule has 1 N–H and O–H groups in total. The molecule has 2 heterocycles. The summed E-state index contributed by atoms with van der Waals surface area (Å²) >= 11 is 0. The van der Waals surface area contributed by atoms with Crippen LogP contribution in [0.3, 0.4) is 0 Å². The monoisotopic (exact) mass is 308 g/mol. The van der Waals surface area contributed by atoms with Crippen LogP contribution in [0.1, 0.15) is 45.4 Å². The molecule has 0 amide bonds. The van der Waals surface area contributed by atoms with E-state index in [1.54, 1.807) is 0 Å². The molecule has 0 aromatic heterocycles.